The van der Waals surface area contributed by atoms with E-state index in [1.165, 1.54) is 6.07 Å². The minimum atomic E-state index is -0.445. The summed E-state index contributed by atoms with van der Waals surface area (Å²) in [7, 11) is 0. The average molecular weight is 351 g/mol. The van der Waals surface area contributed by atoms with Gasteiger partial charge in [0.1, 0.15) is 11.6 Å². The molecular formula is C18H17ClF2N2O. The quantitative estimate of drug-likeness (QED) is 0.844. The van der Waals surface area contributed by atoms with E-state index >= 15 is 0 Å². The predicted molar refractivity (Wildman–Crippen MR) is 89.0 cm³/mol. The van der Waals surface area contributed by atoms with Gasteiger partial charge in [-0.15, -0.1) is 0 Å². The molecule has 24 heavy (non-hydrogen) atoms. The molecule has 1 fully saturated rings. The van der Waals surface area contributed by atoms with Crippen LogP contribution in [0.4, 0.5) is 8.78 Å². The third-order valence-electron chi connectivity index (χ3n) is 4.17. The van der Waals surface area contributed by atoms with E-state index in [-0.39, 0.29) is 5.91 Å². The van der Waals surface area contributed by atoms with Gasteiger partial charge in [0.05, 0.1) is 10.6 Å². The Morgan fingerprint density at radius 3 is 2.46 bits per heavy atom. The molecule has 3 rings (SSSR count). The normalized spacial score (nSPS) is 15.5. The van der Waals surface area contributed by atoms with Crippen LogP contribution >= 0.6 is 11.6 Å². The lowest BCUT2D eigenvalue weighted by Crippen LogP contribution is -2.48. The zero-order valence-corrected chi connectivity index (χ0v) is 13.8. The molecule has 1 saturated heterocycles. The molecule has 1 aliphatic heterocycles. The van der Waals surface area contributed by atoms with Crippen LogP contribution in [-0.2, 0) is 6.54 Å². The summed E-state index contributed by atoms with van der Waals surface area (Å²) in [4.78, 5) is 16.2. The van der Waals surface area contributed by atoms with Crippen molar-refractivity contribution in [1.82, 2.24) is 9.80 Å². The first kappa shape index (κ1) is 16.9. The fraction of sp³-hybridized carbons (Fsp3) is 0.278. The molecule has 126 valence electrons. The van der Waals surface area contributed by atoms with Gasteiger partial charge in [0, 0.05) is 38.3 Å². The summed E-state index contributed by atoms with van der Waals surface area (Å²) >= 11 is 6.07. The predicted octanol–water partition coefficient (Wildman–Crippen LogP) is 3.58. The molecule has 0 bridgehead atoms. The third kappa shape index (κ3) is 3.74. The van der Waals surface area contributed by atoms with Crippen molar-refractivity contribution in [3.8, 4) is 0 Å². The van der Waals surface area contributed by atoms with Crippen LogP contribution in [0.15, 0.2) is 42.5 Å². The largest absolute Gasteiger partial charge is 0.336 e. The maximum atomic E-state index is 13.7. The average Bonchev–Trinajstić information content (AvgIpc) is 2.59. The summed E-state index contributed by atoms with van der Waals surface area (Å²) < 4.78 is 27.0. The Kier molecular flexibility index (Phi) is 5.11. The Morgan fingerprint density at radius 2 is 1.75 bits per heavy atom. The van der Waals surface area contributed by atoms with E-state index in [4.69, 9.17) is 11.6 Å². The van der Waals surface area contributed by atoms with E-state index in [1.54, 1.807) is 29.2 Å². The maximum Gasteiger partial charge on any atom is 0.255 e. The van der Waals surface area contributed by atoms with Crippen molar-refractivity contribution in [3.63, 3.8) is 0 Å². The van der Waals surface area contributed by atoms with E-state index in [2.05, 4.69) is 0 Å². The first-order valence-corrected chi connectivity index (χ1v) is 8.12. The third-order valence-corrected chi connectivity index (χ3v) is 4.50. The number of amides is 1. The van der Waals surface area contributed by atoms with Crippen LogP contribution < -0.4 is 0 Å². The number of carbonyl (C=O) groups excluding carboxylic acids is 1. The van der Waals surface area contributed by atoms with Gasteiger partial charge in [-0.2, -0.15) is 0 Å². The van der Waals surface area contributed by atoms with Crippen LogP contribution in [0.3, 0.4) is 0 Å². The first-order valence-electron chi connectivity index (χ1n) is 7.74. The van der Waals surface area contributed by atoms with Gasteiger partial charge >= 0.3 is 0 Å². The molecule has 0 atom stereocenters. The lowest BCUT2D eigenvalue weighted by Gasteiger charge is -2.35. The van der Waals surface area contributed by atoms with Crippen LogP contribution in [0, 0.1) is 11.6 Å². The van der Waals surface area contributed by atoms with Crippen molar-refractivity contribution >= 4 is 17.5 Å². The molecular weight excluding hydrogens is 334 g/mol. The highest BCUT2D eigenvalue weighted by molar-refractivity contribution is 6.33. The van der Waals surface area contributed by atoms with Crippen LogP contribution in [0.5, 0.6) is 0 Å². The fourth-order valence-electron chi connectivity index (χ4n) is 2.82. The van der Waals surface area contributed by atoms with E-state index in [0.29, 0.717) is 48.9 Å². The highest BCUT2D eigenvalue weighted by Gasteiger charge is 2.23. The van der Waals surface area contributed by atoms with Crippen molar-refractivity contribution in [2.75, 3.05) is 26.2 Å². The molecule has 0 saturated carbocycles. The zero-order valence-electron chi connectivity index (χ0n) is 13.0. The molecule has 3 nitrogen and oxygen atoms in total. The van der Waals surface area contributed by atoms with E-state index in [0.717, 1.165) is 12.1 Å². The van der Waals surface area contributed by atoms with Gasteiger partial charge in [-0.3, -0.25) is 9.69 Å². The van der Waals surface area contributed by atoms with Crippen LogP contribution in [0.25, 0.3) is 0 Å². The highest BCUT2D eigenvalue weighted by atomic mass is 35.5. The van der Waals surface area contributed by atoms with Gasteiger partial charge in [-0.25, -0.2) is 8.78 Å². The SMILES string of the molecule is O=C(c1ccccc1Cl)N1CCN(Cc2cc(F)ccc2F)CC1. The Morgan fingerprint density at radius 1 is 1.04 bits per heavy atom. The van der Waals surface area contributed by atoms with Crippen LogP contribution in [-0.4, -0.2) is 41.9 Å². The first-order chi connectivity index (χ1) is 11.5. The Labute approximate surface area is 144 Å². The van der Waals surface area contributed by atoms with Gasteiger partial charge < -0.3 is 4.90 Å². The Bertz CT molecular complexity index is 746. The number of rotatable bonds is 3. The Hall–Kier alpha value is -1.98. The van der Waals surface area contributed by atoms with Gasteiger partial charge in [0.25, 0.3) is 5.91 Å². The lowest BCUT2D eigenvalue weighted by atomic mass is 10.1. The number of hydrogen-bond donors (Lipinski definition) is 0. The molecule has 1 heterocycles. The van der Waals surface area contributed by atoms with E-state index < -0.39 is 11.6 Å². The summed E-state index contributed by atoms with van der Waals surface area (Å²) in [5.41, 5.74) is 0.824. The van der Waals surface area contributed by atoms with Crippen LogP contribution in [0.2, 0.25) is 5.02 Å². The van der Waals surface area contributed by atoms with E-state index in [1.807, 2.05) is 4.90 Å². The topological polar surface area (TPSA) is 23.6 Å². The van der Waals surface area contributed by atoms with Gasteiger partial charge in [-0.05, 0) is 30.3 Å². The lowest BCUT2D eigenvalue weighted by molar-refractivity contribution is 0.0627. The minimum Gasteiger partial charge on any atom is -0.336 e. The smallest absolute Gasteiger partial charge is 0.255 e. The summed E-state index contributed by atoms with van der Waals surface area (Å²) in [5.74, 6) is -0.956. The number of carbonyl (C=O) groups is 1. The minimum absolute atomic E-state index is 0.0998. The molecule has 0 aliphatic carbocycles. The number of hydrogen-bond acceptors (Lipinski definition) is 2. The molecule has 0 spiro atoms. The monoisotopic (exact) mass is 350 g/mol. The molecule has 1 aliphatic rings. The second kappa shape index (κ2) is 7.28. The molecule has 0 aromatic heterocycles. The Balaban J connectivity index is 1.61. The zero-order chi connectivity index (χ0) is 17.1. The maximum absolute atomic E-state index is 13.7. The summed E-state index contributed by atoms with van der Waals surface area (Å²) in [6, 6.07) is 10.4. The second-order valence-corrected chi connectivity index (χ2v) is 6.19. The van der Waals surface area contributed by atoms with Crippen molar-refractivity contribution in [2.45, 2.75) is 6.54 Å². The number of piperazine rings is 1. The molecule has 0 unspecified atom stereocenters. The number of benzene rings is 2. The summed E-state index contributed by atoms with van der Waals surface area (Å²) in [6.45, 7) is 2.60. The molecule has 2 aromatic rings. The standard InChI is InChI=1S/C18H17ClF2N2O/c19-16-4-2-1-3-15(16)18(24)23-9-7-22(8-10-23)12-13-11-14(20)5-6-17(13)21/h1-6,11H,7-10,12H2. The number of nitrogens with zero attached hydrogens (tertiary/aromatic N) is 2. The van der Waals surface area contributed by atoms with Gasteiger partial charge in [-0.1, -0.05) is 23.7 Å². The number of halogens is 3. The van der Waals surface area contributed by atoms with Crippen molar-refractivity contribution < 1.29 is 13.6 Å². The molecule has 6 heteroatoms. The molecule has 0 N–H and O–H groups in total. The molecule has 0 radical (unpaired) electrons. The molecule has 1 amide bonds. The fourth-order valence-corrected chi connectivity index (χ4v) is 3.04. The summed E-state index contributed by atoms with van der Waals surface area (Å²) in [6.07, 6.45) is 0. The van der Waals surface area contributed by atoms with E-state index in [9.17, 15) is 13.6 Å². The summed E-state index contributed by atoms with van der Waals surface area (Å²) in [5, 5.41) is 0.437. The van der Waals surface area contributed by atoms with Crippen LogP contribution in [0.1, 0.15) is 15.9 Å². The van der Waals surface area contributed by atoms with Crippen molar-refractivity contribution in [3.05, 3.63) is 70.2 Å². The second-order valence-electron chi connectivity index (χ2n) is 5.78. The van der Waals surface area contributed by atoms with Crippen molar-refractivity contribution in [1.29, 1.82) is 0 Å². The molecule has 2 aromatic carbocycles. The van der Waals surface area contributed by atoms with Gasteiger partial charge in [0.15, 0.2) is 0 Å². The van der Waals surface area contributed by atoms with Gasteiger partial charge in [0.2, 0.25) is 0 Å². The van der Waals surface area contributed by atoms with Crippen molar-refractivity contribution in [2.24, 2.45) is 0 Å². The highest BCUT2D eigenvalue weighted by Crippen LogP contribution is 2.19.